The number of carbonyl (C=O) groups is 2. The van der Waals surface area contributed by atoms with Crippen LogP contribution in [0.2, 0.25) is 5.02 Å². The molecule has 3 rings (SSSR count). The van der Waals surface area contributed by atoms with Gasteiger partial charge in [0.2, 0.25) is 0 Å². The Labute approximate surface area is 158 Å². The van der Waals surface area contributed by atoms with Gasteiger partial charge in [-0.3, -0.25) is 4.79 Å². The molecule has 0 radical (unpaired) electrons. The molecule has 27 heavy (non-hydrogen) atoms. The molecule has 6 nitrogen and oxygen atoms in total. The van der Waals surface area contributed by atoms with Crippen LogP contribution in [0.25, 0.3) is 0 Å². The van der Waals surface area contributed by atoms with Gasteiger partial charge in [-0.1, -0.05) is 17.7 Å². The van der Waals surface area contributed by atoms with E-state index < -0.39 is 29.6 Å². The lowest BCUT2D eigenvalue weighted by molar-refractivity contribution is 0.101. The highest BCUT2D eigenvalue weighted by molar-refractivity contribution is 6.31. The highest BCUT2D eigenvalue weighted by atomic mass is 35.5. The number of fused-ring (bicyclic) bond motifs is 1. The molecule has 0 saturated carbocycles. The number of halogens is 3. The number of hydrogen-bond donors (Lipinski definition) is 3. The van der Waals surface area contributed by atoms with Gasteiger partial charge in [-0.2, -0.15) is 0 Å². The Morgan fingerprint density at radius 3 is 2.63 bits per heavy atom. The fourth-order valence-electron chi connectivity index (χ4n) is 2.80. The summed E-state index contributed by atoms with van der Waals surface area (Å²) >= 11 is 5.70. The Hall–Kier alpha value is -2.87. The smallest absolute Gasteiger partial charge is 0.315 e. The number of urea groups is 1. The Morgan fingerprint density at radius 1 is 1.19 bits per heavy atom. The molecular formula is C18H16ClF2N3O3. The summed E-state index contributed by atoms with van der Waals surface area (Å²) in [5.41, 5.74) is 0.407. The summed E-state index contributed by atoms with van der Waals surface area (Å²) in [6.07, 6.45) is 0.473. The van der Waals surface area contributed by atoms with Crippen molar-refractivity contribution in [2.45, 2.75) is 12.5 Å². The number of carbonyl (C=O) groups excluding carboxylic acids is 2. The van der Waals surface area contributed by atoms with Crippen molar-refractivity contribution in [3.8, 4) is 5.75 Å². The Morgan fingerprint density at radius 2 is 1.93 bits per heavy atom. The van der Waals surface area contributed by atoms with E-state index in [0.717, 1.165) is 12.1 Å². The fraction of sp³-hybridized carbons (Fsp3) is 0.222. The summed E-state index contributed by atoms with van der Waals surface area (Å²) in [6, 6.07) is 5.40. The van der Waals surface area contributed by atoms with Crippen LogP contribution in [-0.4, -0.2) is 25.6 Å². The predicted molar refractivity (Wildman–Crippen MR) is 96.2 cm³/mol. The van der Waals surface area contributed by atoms with Crippen molar-refractivity contribution in [2.75, 3.05) is 19.0 Å². The van der Waals surface area contributed by atoms with Gasteiger partial charge in [-0.05, 0) is 24.3 Å². The third kappa shape index (κ3) is 3.95. The molecule has 1 unspecified atom stereocenters. The summed E-state index contributed by atoms with van der Waals surface area (Å²) in [5.74, 6) is -2.12. The first kappa shape index (κ1) is 18.9. The van der Waals surface area contributed by atoms with Crippen LogP contribution in [0.3, 0.4) is 0 Å². The molecule has 0 spiro atoms. The molecule has 2 aromatic rings. The zero-order valence-electron chi connectivity index (χ0n) is 14.2. The lowest BCUT2D eigenvalue weighted by Gasteiger charge is -2.28. The van der Waals surface area contributed by atoms with Crippen LogP contribution in [0.4, 0.5) is 19.3 Å². The number of benzene rings is 2. The summed E-state index contributed by atoms with van der Waals surface area (Å²) < 4.78 is 33.2. The molecule has 3 amide bonds. The van der Waals surface area contributed by atoms with Crippen molar-refractivity contribution < 1.29 is 23.1 Å². The minimum Gasteiger partial charge on any atom is -0.492 e. The molecule has 1 atom stereocenters. The van der Waals surface area contributed by atoms with E-state index in [1.807, 2.05) is 0 Å². The minimum absolute atomic E-state index is 0.0633. The standard InChI is InChI=1S/C18H16ClF2N3O3/c1-22-18(26)24-14-6-7-27-16-10(14)3-5-13(21)15(16)17(25)23-9-2-4-12(20)11(19)8-9/h2-5,8,14H,6-7H2,1H3,(H,23,25)(H2,22,24,26). The van der Waals surface area contributed by atoms with Gasteiger partial charge < -0.3 is 20.7 Å². The molecule has 142 valence electrons. The maximum Gasteiger partial charge on any atom is 0.315 e. The maximum atomic E-state index is 14.4. The molecule has 0 aromatic heterocycles. The third-order valence-corrected chi connectivity index (χ3v) is 4.39. The Kier molecular flexibility index (Phi) is 5.46. The predicted octanol–water partition coefficient (Wildman–Crippen LogP) is 3.62. The van der Waals surface area contributed by atoms with Gasteiger partial charge in [0.25, 0.3) is 5.91 Å². The molecule has 2 aromatic carbocycles. The van der Waals surface area contributed by atoms with E-state index in [2.05, 4.69) is 16.0 Å². The van der Waals surface area contributed by atoms with Crippen molar-refractivity contribution in [3.63, 3.8) is 0 Å². The number of ether oxygens (including phenoxy) is 1. The number of anilines is 1. The SMILES string of the molecule is CNC(=O)NC1CCOc2c1ccc(F)c2C(=O)Nc1ccc(F)c(Cl)c1. The Balaban J connectivity index is 1.93. The third-order valence-electron chi connectivity index (χ3n) is 4.10. The van der Waals surface area contributed by atoms with E-state index >= 15 is 0 Å². The topological polar surface area (TPSA) is 79.5 Å². The highest BCUT2D eigenvalue weighted by Crippen LogP contribution is 2.37. The van der Waals surface area contributed by atoms with Gasteiger partial charge in [0.1, 0.15) is 22.9 Å². The van der Waals surface area contributed by atoms with Crippen LogP contribution >= 0.6 is 11.6 Å². The lowest BCUT2D eigenvalue weighted by atomic mass is 9.96. The van der Waals surface area contributed by atoms with Crippen LogP contribution in [0.5, 0.6) is 5.75 Å². The van der Waals surface area contributed by atoms with Gasteiger partial charge in [0, 0.05) is 24.7 Å². The Bertz CT molecular complexity index is 908. The number of amides is 3. The molecular weight excluding hydrogens is 380 g/mol. The van der Waals surface area contributed by atoms with Crippen LogP contribution in [0.15, 0.2) is 30.3 Å². The van der Waals surface area contributed by atoms with E-state index in [-0.39, 0.29) is 28.6 Å². The molecule has 1 aliphatic rings. The van der Waals surface area contributed by atoms with Crippen molar-refractivity contribution in [1.82, 2.24) is 10.6 Å². The van der Waals surface area contributed by atoms with Crippen molar-refractivity contribution >= 4 is 29.2 Å². The highest BCUT2D eigenvalue weighted by Gasteiger charge is 2.29. The first-order valence-corrected chi connectivity index (χ1v) is 8.48. The van der Waals surface area contributed by atoms with Gasteiger partial charge in [-0.25, -0.2) is 13.6 Å². The molecule has 0 saturated heterocycles. The van der Waals surface area contributed by atoms with E-state index in [1.54, 1.807) is 0 Å². The van der Waals surface area contributed by atoms with E-state index in [1.165, 1.54) is 25.2 Å². The number of hydrogen-bond acceptors (Lipinski definition) is 3. The van der Waals surface area contributed by atoms with Gasteiger partial charge in [0.05, 0.1) is 17.7 Å². The fourth-order valence-corrected chi connectivity index (χ4v) is 2.98. The van der Waals surface area contributed by atoms with Crippen LogP contribution in [-0.2, 0) is 0 Å². The molecule has 0 fully saturated rings. The zero-order valence-corrected chi connectivity index (χ0v) is 15.0. The van der Waals surface area contributed by atoms with Crippen LogP contribution < -0.4 is 20.7 Å². The summed E-state index contributed by atoms with van der Waals surface area (Å²) in [4.78, 5) is 24.2. The second-order valence-electron chi connectivity index (χ2n) is 5.84. The number of nitrogens with one attached hydrogen (secondary N) is 3. The zero-order chi connectivity index (χ0) is 19.6. The first-order chi connectivity index (χ1) is 12.9. The first-order valence-electron chi connectivity index (χ1n) is 8.10. The second kappa shape index (κ2) is 7.79. The van der Waals surface area contributed by atoms with Crippen molar-refractivity contribution in [2.24, 2.45) is 0 Å². The minimum atomic E-state index is -0.778. The largest absolute Gasteiger partial charge is 0.492 e. The van der Waals surface area contributed by atoms with E-state index in [4.69, 9.17) is 16.3 Å². The molecule has 9 heteroatoms. The van der Waals surface area contributed by atoms with Crippen LogP contribution in [0.1, 0.15) is 28.4 Å². The normalized spacial score (nSPS) is 15.3. The summed E-state index contributed by atoms with van der Waals surface area (Å²) in [6.45, 7) is 0.202. The van der Waals surface area contributed by atoms with Crippen LogP contribution in [0, 0.1) is 11.6 Å². The quantitative estimate of drug-likeness (QED) is 0.742. The molecule has 1 aliphatic heterocycles. The van der Waals surface area contributed by atoms with Crippen molar-refractivity contribution in [1.29, 1.82) is 0 Å². The summed E-state index contributed by atoms with van der Waals surface area (Å²) in [5, 5.41) is 7.48. The summed E-state index contributed by atoms with van der Waals surface area (Å²) in [7, 11) is 1.48. The molecule has 1 heterocycles. The monoisotopic (exact) mass is 395 g/mol. The molecule has 3 N–H and O–H groups in total. The average molecular weight is 396 g/mol. The van der Waals surface area contributed by atoms with E-state index in [0.29, 0.717) is 12.0 Å². The van der Waals surface area contributed by atoms with Gasteiger partial charge in [-0.15, -0.1) is 0 Å². The molecule has 0 bridgehead atoms. The van der Waals surface area contributed by atoms with Gasteiger partial charge in [0.15, 0.2) is 0 Å². The second-order valence-corrected chi connectivity index (χ2v) is 6.24. The molecule has 0 aliphatic carbocycles. The van der Waals surface area contributed by atoms with E-state index in [9.17, 15) is 18.4 Å². The maximum absolute atomic E-state index is 14.4. The lowest BCUT2D eigenvalue weighted by Crippen LogP contribution is -2.38. The van der Waals surface area contributed by atoms with Gasteiger partial charge >= 0.3 is 6.03 Å². The average Bonchev–Trinajstić information content (AvgIpc) is 2.64. The van der Waals surface area contributed by atoms with Crippen molar-refractivity contribution in [3.05, 3.63) is 58.1 Å². The number of rotatable bonds is 3.